The minimum atomic E-state index is 0.409. The summed E-state index contributed by atoms with van der Waals surface area (Å²) < 4.78 is 1.30. The lowest BCUT2D eigenvalue weighted by Gasteiger charge is -2.43. The van der Waals surface area contributed by atoms with Crippen LogP contribution in [0.5, 0.6) is 0 Å². The lowest BCUT2D eigenvalue weighted by molar-refractivity contribution is 0.243. The third-order valence-corrected chi connectivity index (χ3v) is 5.70. The van der Waals surface area contributed by atoms with Gasteiger partial charge in [0.15, 0.2) is 0 Å². The van der Waals surface area contributed by atoms with Crippen LogP contribution in [0.25, 0.3) is 0 Å². The molecule has 2 aliphatic carbocycles. The van der Waals surface area contributed by atoms with E-state index in [0.717, 1.165) is 6.54 Å². The van der Waals surface area contributed by atoms with Gasteiger partial charge in [-0.15, -0.1) is 0 Å². The van der Waals surface area contributed by atoms with Crippen LogP contribution in [0.1, 0.15) is 43.2 Å². The molecule has 0 aromatic heterocycles. The summed E-state index contributed by atoms with van der Waals surface area (Å²) in [6.45, 7) is 0.853. The topological polar surface area (TPSA) is 26.0 Å². The van der Waals surface area contributed by atoms with Crippen LogP contribution in [0.2, 0.25) is 0 Å². The summed E-state index contributed by atoms with van der Waals surface area (Å²) in [7, 11) is 0. The number of nitrogens with two attached hydrogens (primary N) is 1. The molecule has 0 amide bonds. The van der Waals surface area contributed by atoms with Crippen molar-refractivity contribution in [1.29, 1.82) is 0 Å². The maximum absolute atomic E-state index is 6.04. The first-order chi connectivity index (χ1) is 8.28. The van der Waals surface area contributed by atoms with E-state index in [1.54, 1.807) is 11.1 Å². The molecule has 0 aliphatic heterocycles. The first kappa shape index (κ1) is 11.7. The van der Waals surface area contributed by atoms with Crippen molar-refractivity contribution in [3.8, 4) is 0 Å². The Morgan fingerprint density at radius 3 is 2.76 bits per heavy atom. The Hall–Kier alpha value is -0.340. The number of hydrogen-bond acceptors (Lipinski definition) is 1. The predicted octanol–water partition coefficient (Wildman–Crippen LogP) is 3.78. The SMILES string of the molecule is NCC1CCc2c(Br)cccc2C12CCCC2. The molecule has 1 saturated carbocycles. The summed E-state index contributed by atoms with van der Waals surface area (Å²) in [5.74, 6) is 0.701. The molecule has 1 fully saturated rings. The molecule has 2 aliphatic rings. The molecule has 1 spiro atoms. The fraction of sp³-hybridized carbons (Fsp3) is 0.600. The molecular weight excluding hydrogens is 274 g/mol. The minimum absolute atomic E-state index is 0.409. The Balaban J connectivity index is 2.14. The van der Waals surface area contributed by atoms with E-state index in [1.165, 1.54) is 43.0 Å². The molecular formula is C15H20BrN. The van der Waals surface area contributed by atoms with Gasteiger partial charge in [0, 0.05) is 4.47 Å². The number of fused-ring (bicyclic) bond motifs is 2. The summed E-state index contributed by atoms with van der Waals surface area (Å²) in [6, 6.07) is 6.74. The number of rotatable bonds is 1. The normalized spacial score (nSPS) is 26.1. The molecule has 1 aromatic carbocycles. The average molecular weight is 294 g/mol. The second-order valence-electron chi connectivity index (χ2n) is 5.60. The molecule has 0 bridgehead atoms. The van der Waals surface area contributed by atoms with E-state index in [9.17, 15) is 0 Å². The van der Waals surface area contributed by atoms with Crippen LogP contribution in [0, 0.1) is 5.92 Å². The summed E-state index contributed by atoms with van der Waals surface area (Å²) in [5, 5.41) is 0. The Morgan fingerprint density at radius 1 is 1.29 bits per heavy atom. The summed E-state index contributed by atoms with van der Waals surface area (Å²) in [5.41, 5.74) is 9.61. The Bertz CT molecular complexity index is 421. The van der Waals surface area contributed by atoms with Crippen molar-refractivity contribution >= 4 is 15.9 Å². The van der Waals surface area contributed by atoms with Crippen molar-refractivity contribution in [2.75, 3.05) is 6.54 Å². The van der Waals surface area contributed by atoms with E-state index >= 15 is 0 Å². The van der Waals surface area contributed by atoms with Crippen LogP contribution in [-0.2, 0) is 11.8 Å². The van der Waals surface area contributed by atoms with Crippen molar-refractivity contribution < 1.29 is 0 Å². The van der Waals surface area contributed by atoms with Gasteiger partial charge in [0.1, 0.15) is 0 Å². The third kappa shape index (κ3) is 1.68. The maximum atomic E-state index is 6.04. The molecule has 2 heteroatoms. The standard InChI is InChI=1S/C15H20BrN/c16-14-5-3-4-13-12(14)7-6-11(10-17)15(13)8-1-2-9-15/h3-5,11H,1-2,6-10,17H2. The van der Waals surface area contributed by atoms with E-state index < -0.39 is 0 Å². The van der Waals surface area contributed by atoms with Gasteiger partial charge in [-0.3, -0.25) is 0 Å². The highest BCUT2D eigenvalue weighted by Crippen LogP contribution is 2.52. The number of hydrogen-bond donors (Lipinski definition) is 1. The molecule has 92 valence electrons. The molecule has 0 heterocycles. The Kier molecular flexibility index (Phi) is 3.04. The predicted molar refractivity (Wildman–Crippen MR) is 75.2 cm³/mol. The third-order valence-electron chi connectivity index (χ3n) is 4.96. The van der Waals surface area contributed by atoms with Gasteiger partial charge in [0.05, 0.1) is 0 Å². The van der Waals surface area contributed by atoms with Crippen LogP contribution in [0.15, 0.2) is 22.7 Å². The lowest BCUT2D eigenvalue weighted by Crippen LogP contribution is -2.41. The summed E-state index contributed by atoms with van der Waals surface area (Å²) >= 11 is 3.72. The van der Waals surface area contributed by atoms with Crippen molar-refractivity contribution in [1.82, 2.24) is 0 Å². The largest absolute Gasteiger partial charge is 0.330 e. The van der Waals surface area contributed by atoms with Gasteiger partial charge in [0.25, 0.3) is 0 Å². The molecule has 1 atom stereocenters. The van der Waals surface area contributed by atoms with Gasteiger partial charge in [-0.25, -0.2) is 0 Å². The molecule has 0 radical (unpaired) electrons. The molecule has 1 aromatic rings. The highest BCUT2D eigenvalue weighted by Gasteiger charge is 2.45. The van der Waals surface area contributed by atoms with Gasteiger partial charge in [-0.05, 0) is 60.8 Å². The highest BCUT2D eigenvalue weighted by atomic mass is 79.9. The molecule has 1 unspecified atom stereocenters. The fourth-order valence-electron chi connectivity index (χ4n) is 4.12. The van der Waals surface area contributed by atoms with Gasteiger partial charge in [-0.2, -0.15) is 0 Å². The summed E-state index contributed by atoms with van der Waals surface area (Å²) in [6.07, 6.45) is 7.91. The smallest absolute Gasteiger partial charge is 0.0210 e. The first-order valence-corrected chi connectivity index (χ1v) is 7.55. The Morgan fingerprint density at radius 2 is 2.06 bits per heavy atom. The zero-order chi connectivity index (χ0) is 11.9. The molecule has 2 N–H and O–H groups in total. The van der Waals surface area contributed by atoms with E-state index in [0.29, 0.717) is 11.3 Å². The van der Waals surface area contributed by atoms with Crippen molar-refractivity contribution in [2.24, 2.45) is 11.7 Å². The average Bonchev–Trinajstić information content (AvgIpc) is 2.81. The van der Waals surface area contributed by atoms with Crippen LogP contribution in [0.3, 0.4) is 0 Å². The van der Waals surface area contributed by atoms with Gasteiger partial charge in [-0.1, -0.05) is 40.9 Å². The fourth-order valence-corrected chi connectivity index (χ4v) is 4.69. The first-order valence-electron chi connectivity index (χ1n) is 6.76. The molecule has 3 rings (SSSR count). The second-order valence-corrected chi connectivity index (χ2v) is 6.45. The molecule has 0 saturated heterocycles. The van der Waals surface area contributed by atoms with Crippen LogP contribution < -0.4 is 5.73 Å². The summed E-state index contributed by atoms with van der Waals surface area (Å²) in [4.78, 5) is 0. The minimum Gasteiger partial charge on any atom is -0.330 e. The highest BCUT2D eigenvalue weighted by molar-refractivity contribution is 9.10. The van der Waals surface area contributed by atoms with Gasteiger partial charge in [0.2, 0.25) is 0 Å². The molecule has 17 heavy (non-hydrogen) atoms. The zero-order valence-corrected chi connectivity index (χ0v) is 11.8. The quantitative estimate of drug-likeness (QED) is 0.838. The van der Waals surface area contributed by atoms with Gasteiger partial charge < -0.3 is 5.73 Å². The Labute approximate surface area is 112 Å². The molecule has 1 nitrogen and oxygen atoms in total. The number of benzene rings is 1. The maximum Gasteiger partial charge on any atom is 0.0210 e. The van der Waals surface area contributed by atoms with Crippen LogP contribution in [0.4, 0.5) is 0 Å². The number of halogens is 1. The zero-order valence-electron chi connectivity index (χ0n) is 10.2. The van der Waals surface area contributed by atoms with Crippen molar-refractivity contribution in [3.05, 3.63) is 33.8 Å². The monoisotopic (exact) mass is 293 g/mol. The van der Waals surface area contributed by atoms with Crippen LogP contribution >= 0.6 is 15.9 Å². The van der Waals surface area contributed by atoms with E-state index in [4.69, 9.17) is 5.73 Å². The second kappa shape index (κ2) is 4.40. The van der Waals surface area contributed by atoms with E-state index in [2.05, 4.69) is 34.1 Å². The van der Waals surface area contributed by atoms with Crippen LogP contribution in [-0.4, -0.2) is 6.54 Å². The lowest BCUT2D eigenvalue weighted by atomic mass is 9.62. The van der Waals surface area contributed by atoms with Crippen molar-refractivity contribution in [3.63, 3.8) is 0 Å². The van der Waals surface area contributed by atoms with Crippen molar-refractivity contribution in [2.45, 2.75) is 43.9 Å². The van der Waals surface area contributed by atoms with E-state index in [1.807, 2.05) is 0 Å². The van der Waals surface area contributed by atoms with Gasteiger partial charge >= 0.3 is 0 Å². The van der Waals surface area contributed by atoms with E-state index in [-0.39, 0.29) is 0 Å².